The molecule has 0 saturated heterocycles. The number of aromatic nitrogens is 2. The highest BCUT2D eigenvalue weighted by atomic mass is 35.5. The first kappa shape index (κ1) is 14.8. The molecule has 6 heteroatoms. The van der Waals surface area contributed by atoms with Gasteiger partial charge in [-0.15, -0.1) is 0 Å². The fourth-order valence-electron chi connectivity index (χ4n) is 1.75. The van der Waals surface area contributed by atoms with E-state index in [-0.39, 0.29) is 0 Å². The Balaban J connectivity index is 2.22. The lowest BCUT2D eigenvalue weighted by Crippen LogP contribution is -2.04. The number of hydrogen-bond acceptors (Lipinski definition) is 4. The van der Waals surface area contributed by atoms with Gasteiger partial charge >= 0.3 is 0 Å². The standard InChI is InChI=1S/C14H14Cl2N4/c1-8-6-9(2)18-14(17-8)20-19-10(3)12-5-4-11(15)7-13(12)16/h4-7H,1-3H3,(H,17,18,20)/b19-10-. The van der Waals surface area contributed by atoms with Crippen molar-refractivity contribution in [2.75, 3.05) is 5.43 Å². The lowest BCUT2D eigenvalue weighted by molar-refractivity contribution is 1.03. The van der Waals surface area contributed by atoms with Gasteiger partial charge in [0.15, 0.2) is 0 Å². The minimum atomic E-state index is 0.465. The lowest BCUT2D eigenvalue weighted by atomic mass is 10.1. The van der Waals surface area contributed by atoms with Crippen molar-refractivity contribution in [3.8, 4) is 0 Å². The van der Waals surface area contributed by atoms with Gasteiger partial charge in [-0.3, -0.25) is 0 Å². The average Bonchev–Trinajstić information content (AvgIpc) is 2.35. The summed E-state index contributed by atoms with van der Waals surface area (Å²) in [5.41, 5.74) is 6.16. The van der Waals surface area contributed by atoms with E-state index in [9.17, 15) is 0 Å². The highest BCUT2D eigenvalue weighted by molar-refractivity contribution is 6.37. The van der Waals surface area contributed by atoms with E-state index in [1.165, 1.54) is 0 Å². The van der Waals surface area contributed by atoms with E-state index in [1.807, 2.05) is 32.9 Å². The molecule has 0 radical (unpaired) electrons. The number of hydrazone groups is 1. The number of anilines is 1. The predicted molar refractivity (Wildman–Crippen MR) is 83.8 cm³/mol. The molecule has 1 aromatic heterocycles. The van der Waals surface area contributed by atoms with Gasteiger partial charge in [0.1, 0.15) is 0 Å². The number of benzene rings is 1. The van der Waals surface area contributed by atoms with Crippen molar-refractivity contribution in [2.24, 2.45) is 5.10 Å². The Morgan fingerprint density at radius 1 is 1.10 bits per heavy atom. The molecule has 2 rings (SSSR count). The van der Waals surface area contributed by atoms with Crippen molar-refractivity contribution < 1.29 is 0 Å². The van der Waals surface area contributed by atoms with Crippen LogP contribution in [0.3, 0.4) is 0 Å². The van der Waals surface area contributed by atoms with Crippen molar-refractivity contribution in [1.29, 1.82) is 0 Å². The van der Waals surface area contributed by atoms with E-state index >= 15 is 0 Å². The first-order valence-electron chi connectivity index (χ1n) is 6.03. The lowest BCUT2D eigenvalue weighted by Gasteiger charge is -2.06. The van der Waals surface area contributed by atoms with Crippen molar-refractivity contribution >= 4 is 34.9 Å². The molecular formula is C14H14Cl2N4. The molecule has 0 spiro atoms. The molecular weight excluding hydrogens is 295 g/mol. The second-order valence-electron chi connectivity index (χ2n) is 4.41. The first-order chi connectivity index (χ1) is 9.45. The first-order valence-corrected chi connectivity index (χ1v) is 6.79. The second-order valence-corrected chi connectivity index (χ2v) is 5.25. The van der Waals surface area contributed by atoms with Gasteiger partial charge in [-0.25, -0.2) is 15.4 Å². The zero-order chi connectivity index (χ0) is 14.7. The predicted octanol–water partition coefficient (Wildman–Crippen LogP) is 4.24. The van der Waals surface area contributed by atoms with Crippen molar-refractivity contribution in [3.05, 3.63) is 51.3 Å². The summed E-state index contributed by atoms with van der Waals surface area (Å²) in [5, 5.41) is 5.40. The Labute approximate surface area is 127 Å². The highest BCUT2D eigenvalue weighted by Gasteiger charge is 2.05. The minimum Gasteiger partial charge on any atom is -0.245 e. The van der Waals surface area contributed by atoms with Crippen LogP contribution in [0.15, 0.2) is 29.4 Å². The van der Waals surface area contributed by atoms with Gasteiger partial charge in [-0.1, -0.05) is 29.3 Å². The topological polar surface area (TPSA) is 50.2 Å². The van der Waals surface area contributed by atoms with E-state index < -0.39 is 0 Å². The highest BCUT2D eigenvalue weighted by Crippen LogP contribution is 2.21. The number of hydrogen-bond donors (Lipinski definition) is 1. The van der Waals surface area contributed by atoms with E-state index in [0.29, 0.717) is 16.0 Å². The smallest absolute Gasteiger partial charge is 0.243 e. The van der Waals surface area contributed by atoms with Gasteiger partial charge in [0, 0.05) is 22.0 Å². The maximum atomic E-state index is 6.13. The van der Waals surface area contributed by atoms with E-state index in [0.717, 1.165) is 22.7 Å². The van der Waals surface area contributed by atoms with Gasteiger partial charge in [-0.05, 0) is 39.0 Å². The van der Waals surface area contributed by atoms with Gasteiger partial charge < -0.3 is 0 Å². The van der Waals surface area contributed by atoms with Crippen LogP contribution >= 0.6 is 23.2 Å². The third-order valence-corrected chi connectivity index (χ3v) is 3.17. The molecule has 0 fully saturated rings. The third kappa shape index (κ3) is 3.68. The molecule has 0 amide bonds. The number of rotatable bonds is 3. The van der Waals surface area contributed by atoms with E-state index in [2.05, 4.69) is 20.5 Å². The Bertz CT molecular complexity index is 648. The van der Waals surface area contributed by atoms with Gasteiger partial charge in [0.05, 0.1) is 10.7 Å². The van der Waals surface area contributed by atoms with Gasteiger partial charge in [-0.2, -0.15) is 5.10 Å². The maximum Gasteiger partial charge on any atom is 0.243 e. The van der Waals surface area contributed by atoms with Crippen LogP contribution in [0.4, 0.5) is 5.95 Å². The molecule has 104 valence electrons. The average molecular weight is 309 g/mol. The molecule has 0 aliphatic rings. The fourth-order valence-corrected chi connectivity index (χ4v) is 2.30. The summed E-state index contributed by atoms with van der Waals surface area (Å²) in [6, 6.07) is 7.19. The molecule has 2 aromatic rings. The van der Waals surface area contributed by atoms with E-state index in [1.54, 1.807) is 12.1 Å². The minimum absolute atomic E-state index is 0.465. The molecule has 1 N–H and O–H groups in total. The van der Waals surface area contributed by atoms with Gasteiger partial charge in [0.25, 0.3) is 0 Å². The van der Waals surface area contributed by atoms with Crippen LogP contribution in [0, 0.1) is 13.8 Å². The summed E-state index contributed by atoms with van der Waals surface area (Å²) in [7, 11) is 0. The van der Waals surface area contributed by atoms with Crippen LogP contribution in [0.1, 0.15) is 23.9 Å². The zero-order valence-electron chi connectivity index (χ0n) is 11.4. The second kappa shape index (κ2) is 6.20. The summed E-state index contributed by atoms with van der Waals surface area (Å²) >= 11 is 12.0. The summed E-state index contributed by atoms with van der Waals surface area (Å²) in [4.78, 5) is 8.51. The molecule has 1 aromatic carbocycles. The molecule has 0 atom stereocenters. The largest absolute Gasteiger partial charge is 0.245 e. The number of nitrogens with one attached hydrogen (secondary N) is 1. The Morgan fingerprint density at radius 2 is 1.75 bits per heavy atom. The summed E-state index contributed by atoms with van der Waals surface area (Å²) in [6.45, 7) is 5.67. The Kier molecular flexibility index (Phi) is 4.57. The SMILES string of the molecule is C/C(=N/Nc1nc(C)cc(C)n1)c1ccc(Cl)cc1Cl. The molecule has 1 heterocycles. The third-order valence-electron chi connectivity index (χ3n) is 2.63. The normalized spacial score (nSPS) is 11.6. The van der Waals surface area contributed by atoms with E-state index in [4.69, 9.17) is 23.2 Å². The molecule has 0 bridgehead atoms. The quantitative estimate of drug-likeness (QED) is 0.681. The van der Waals surface area contributed by atoms with Crippen LogP contribution in [0.5, 0.6) is 0 Å². The Morgan fingerprint density at radius 3 is 2.35 bits per heavy atom. The van der Waals surface area contributed by atoms with Crippen molar-refractivity contribution in [3.63, 3.8) is 0 Å². The zero-order valence-corrected chi connectivity index (χ0v) is 12.9. The van der Waals surface area contributed by atoms with Crippen molar-refractivity contribution in [2.45, 2.75) is 20.8 Å². The molecule has 0 aliphatic carbocycles. The monoisotopic (exact) mass is 308 g/mol. The summed E-state index contributed by atoms with van der Waals surface area (Å²) in [5.74, 6) is 0.465. The van der Waals surface area contributed by atoms with Crippen LogP contribution in [-0.2, 0) is 0 Å². The van der Waals surface area contributed by atoms with Gasteiger partial charge in [0.2, 0.25) is 5.95 Å². The molecule has 20 heavy (non-hydrogen) atoms. The fraction of sp³-hybridized carbons (Fsp3) is 0.214. The van der Waals surface area contributed by atoms with Crippen LogP contribution in [0.25, 0.3) is 0 Å². The van der Waals surface area contributed by atoms with Crippen molar-refractivity contribution in [1.82, 2.24) is 9.97 Å². The van der Waals surface area contributed by atoms with Crippen LogP contribution in [0.2, 0.25) is 10.0 Å². The Hall–Kier alpha value is -1.65. The molecule has 0 aliphatic heterocycles. The molecule has 4 nitrogen and oxygen atoms in total. The van der Waals surface area contributed by atoms with Crippen LogP contribution < -0.4 is 5.43 Å². The number of aryl methyl sites for hydroxylation is 2. The van der Waals surface area contributed by atoms with Crippen LogP contribution in [-0.4, -0.2) is 15.7 Å². The maximum absolute atomic E-state index is 6.13. The molecule has 0 saturated carbocycles. The number of nitrogens with zero attached hydrogens (tertiary/aromatic N) is 3. The summed E-state index contributed by atoms with van der Waals surface area (Å²) < 4.78 is 0. The number of halogens is 2. The molecule has 0 unspecified atom stereocenters. The summed E-state index contributed by atoms with van der Waals surface area (Å²) in [6.07, 6.45) is 0.